The minimum atomic E-state index is -3.78. The van der Waals surface area contributed by atoms with Crippen LogP contribution in [0.5, 0.6) is 5.75 Å². The summed E-state index contributed by atoms with van der Waals surface area (Å²) in [5.41, 5.74) is 2.03. The topological polar surface area (TPSA) is 93.7 Å². The van der Waals surface area contributed by atoms with Crippen LogP contribution in [0.4, 0.5) is 5.69 Å². The number of nitrogens with zero attached hydrogens (tertiary/aromatic N) is 5. The van der Waals surface area contributed by atoms with Gasteiger partial charge in [0.25, 0.3) is 10.2 Å². The predicted octanol–water partition coefficient (Wildman–Crippen LogP) is 5.49. The third-order valence-corrected chi connectivity index (χ3v) is 14.5. The lowest BCUT2D eigenvalue weighted by atomic mass is 9.89. The summed E-state index contributed by atoms with van der Waals surface area (Å²) >= 11 is 0. The van der Waals surface area contributed by atoms with Gasteiger partial charge in [-0.25, -0.2) is 8.42 Å². The van der Waals surface area contributed by atoms with Crippen LogP contribution in [0.15, 0.2) is 53.4 Å². The molecule has 3 fully saturated rings. The molecule has 0 N–H and O–H groups in total. The molecule has 0 aromatic heterocycles. The number of methoxy groups -OCH3 is 1. The zero-order valence-corrected chi connectivity index (χ0v) is 31.8. The van der Waals surface area contributed by atoms with Gasteiger partial charge in [0.1, 0.15) is 5.75 Å². The van der Waals surface area contributed by atoms with E-state index in [1.54, 1.807) is 32.2 Å². The lowest BCUT2D eigenvalue weighted by Crippen LogP contribution is -2.50. The quantitative estimate of drug-likeness (QED) is 0.339. The molecule has 0 radical (unpaired) electrons. The molecule has 0 unspecified atom stereocenters. The minimum absolute atomic E-state index is 0.0917. The van der Waals surface area contributed by atoms with Crippen molar-refractivity contribution < 1.29 is 21.6 Å². The molecule has 2 heterocycles. The monoisotopic (exact) mass is 717 g/mol. The standard InChI is InChI=1S/C37H59N5O5S2/c1-31-27-40(48(43,44)37-19-17-35(18-20-37)38(2)3)24-10-21-39(29-32-12-6-5-7-13-32)22-11-25-41(28-31)49(45,46)42-23-9-15-34(30-42)33-14-8-16-36(26-33)47-4/h8,14,16-20,26,31-32,34H,5-7,9-13,15,21-25,27-30H2,1-4H3/t31-,34+/m0/s1. The number of benzene rings is 2. The van der Waals surface area contributed by atoms with Gasteiger partial charge in [0.2, 0.25) is 10.0 Å². The van der Waals surface area contributed by atoms with Gasteiger partial charge in [-0.15, -0.1) is 0 Å². The highest BCUT2D eigenvalue weighted by atomic mass is 32.2. The van der Waals surface area contributed by atoms with Crippen LogP contribution in [0, 0.1) is 11.8 Å². The Hall–Kier alpha value is -2.22. The second kappa shape index (κ2) is 17.3. The van der Waals surface area contributed by atoms with E-state index in [1.807, 2.05) is 56.3 Å². The van der Waals surface area contributed by atoms with Crippen LogP contribution < -0.4 is 9.64 Å². The number of anilines is 1. The summed E-state index contributed by atoms with van der Waals surface area (Å²) in [6.45, 7) is 6.88. The average molecular weight is 718 g/mol. The maximum Gasteiger partial charge on any atom is 0.282 e. The molecule has 0 bridgehead atoms. The summed E-state index contributed by atoms with van der Waals surface area (Å²) in [6, 6.07) is 15.0. The molecule has 274 valence electrons. The van der Waals surface area contributed by atoms with Crippen LogP contribution in [0.2, 0.25) is 0 Å². The second-order valence-electron chi connectivity index (χ2n) is 14.7. The van der Waals surface area contributed by atoms with Gasteiger partial charge in [0, 0.05) is 65.6 Å². The highest BCUT2D eigenvalue weighted by molar-refractivity contribution is 7.89. The Balaban J connectivity index is 1.38. The smallest absolute Gasteiger partial charge is 0.282 e. The molecular formula is C37H59N5O5S2. The van der Waals surface area contributed by atoms with Crippen LogP contribution in [-0.2, 0) is 20.2 Å². The fourth-order valence-corrected chi connectivity index (χ4v) is 11.3. The van der Waals surface area contributed by atoms with Crippen molar-refractivity contribution >= 4 is 25.9 Å². The molecule has 0 spiro atoms. The molecule has 2 aliphatic heterocycles. The first-order valence-corrected chi connectivity index (χ1v) is 21.2. The number of rotatable bonds is 9. The number of hydrogen-bond donors (Lipinski definition) is 0. The molecule has 10 nitrogen and oxygen atoms in total. The fourth-order valence-electron chi connectivity index (χ4n) is 7.88. The van der Waals surface area contributed by atoms with E-state index in [4.69, 9.17) is 4.74 Å². The molecule has 2 aromatic carbocycles. The van der Waals surface area contributed by atoms with Crippen LogP contribution in [0.3, 0.4) is 0 Å². The summed E-state index contributed by atoms with van der Waals surface area (Å²) in [5.74, 6) is 1.33. The van der Waals surface area contributed by atoms with Gasteiger partial charge in [-0.3, -0.25) is 0 Å². The lowest BCUT2D eigenvalue weighted by Gasteiger charge is -2.38. The maximum atomic E-state index is 14.5. The molecule has 3 aliphatic rings. The summed E-state index contributed by atoms with van der Waals surface area (Å²) in [5, 5.41) is 0. The average Bonchev–Trinajstić information content (AvgIpc) is 3.10. The molecule has 1 aliphatic carbocycles. The highest BCUT2D eigenvalue weighted by Crippen LogP contribution is 2.32. The molecule has 2 saturated heterocycles. The van der Waals surface area contributed by atoms with E-state index in [9.17, 15) is 16.8 Å². The van der Waals surface area contributed by atoms with Gasteiger partial charge in [0.15, 0.2) is 0 Å². The largest absolute Gasteiger partial charge is 0.497 e. The Labute approximate surface area is 296 Å². The first kappa shape index (κ1) is 38.0. The maximum absolute atomic E-state index is 14.5. The Morgan fingerprint density at radius 1 is 0.735 bits per heavy atom. The van der Waals surface area contributed by atoms with Gasteiger partial charge < -0.3 is 14.5 Å². The summed E-state index contributed by atoms with van der Waals surface area (Å²) in [6.07, 6.45) is 9.54. The lowest BCUT2D eigenvalue weighted by molar-refractivity contribution is 0.178. The molecule has 2 aromatic rings. The highest BCUT2D eigenvalue weighted by Gasteiger charge is 2.36. The van der Waals surface area contributed by atoms with E-state index in [1.165, 1.54) is 32.1 Å². The van der Waals surface area contributed by atoms with E-state index >= 15 is 0 Å². The van der Waals surface area contributed by atoms with Gasteiger partial charge >= 0.3 is 0 Å². The van der Waals surface area contributed by atoms with Crippen LogP contribution >= 0.6 is 0 Å². The van der Waals surface area contributed by atoms with Crippen LogP contribution in [0.1, 0.15) is 76.2 Å². The third kappa shape index (κ3) is 9.98. The van der Waals surface area contributed by atoms with E-state index < -0.39 is 20.2 Å². The first-order chi connectivity index (χ1) is 23.5. The zero-order chi connectivity index (χ0) is 35.0. The Bertz CT molecular complexity index is 1550. The van der Waals surface area contributed by atoms with Crippen molar-refractivity contribution in [2.75, 3.05) is 85.0 Å². The molecule has 5 rings (SSSR count). The van der Waals surface area contributed by atoms with Gasteiger partial charge in [-0.05, 0) is 111 Å². The van der Waals surface area contributed by atoms with Crippen LogP contribution in [0.25, 0.3) is 0 Å². The van der Waals surface area contributed by atoms with Crippen molar-refractivity contribution in [1.29, 1.82) is 0 Å². The van der Waals surface area contributed by atoms with Crippen molar-refractivity contribution in [3.8, 4) is 5.75 Å². The third-order valence-electron chi connectivity index (χ3n) is 10.6. The molecule has 49 heavy (non-hydrogen) atoms. The van der Waals surface area contributed by atoms with Crippen molar-refractivity contribution in [1.82, 2.24) is 17.8 Å². The fraction of sp³-hybridized carbons (Fsp3) is 0.676. The molecule has 12 heteroatoms. The summed E-state index contributed by atoms with van der Waals surface area (Å²) < 4.78 is 67.6. The van der Waals surface area contributed by atoms with E-state index in [0.717, 1.165) is 62.3 Å². The van der Waals surface area contributed by atoms with Gasteiger partial charge in [-0.2, -0.15) is 21.3 Å². The van der Waals surface area contributed by atoms with Crippen molar-refractivity contribution in [2.45, 2.75) is 75.5 Å². The second-order valence-corrected chi connectivity index (χ2v) is 18.6. The van der Waals surface area contributed by atoms with E-state index in [0.29, 0.717) is 32.1 Å². The SMILES string of the molecule is COc1cccc([C@@H]2CCCN(S(=O)(=O)N3CCCN(CC4CCCCC4)CCCN(S(=O)(=O)c4ccc(N(C)C)cc4)C[C@H](C)C3)C2)c1. The van der Waals surface area contributed by atoms with Crippen LogP contribution in [-0.4, -0.2) is 115 Å². The van der Waals surface area contributed by atoms with Crippen molar-refractivity contribution in [2.24, 2.45) is 11.8 Å². The van der Waals surface area contributed by atoms with Gasteiger partial charge in [0.05, 0.1) is 12.0 Å². The van der Waals surface area contributed by atoms with E-state index in [-0.39, 0.29) is 29.8 Å². The molecule has 1 saturated carbocycles. The normalized spacial score (nSPS) is 24.2. The number of ether oxygens (including phenoxy) is 1. The zero-order valence-electron chi connectivity index (χ0n) is 30.2. The summed E-state index contributed by atoms with van der Waals surface area (Å²) in [7, 11) is -2.04. The Morgan fingerprint density at radius 2 is 1.37 bits per heavy atom. The molecule has 0 amide bonds. The Kier molecular flexibility index (Phi) is 13.4. The molecule has 2 atom stereocenters. The number of piperidine rings is 1. The van der Waals surface area contributed by atoms with Gasteiger partial charge in [-0.1, -0.05) is 38.3 Å². The molecular weight excluding hydrogens is 659 g/mol. The minimum Gasteiger partial charge on any atom is -0.497 e. The van der Waals surface area contributed by atoms with E-state index in [2.05, 4.69) is 11.0 Å². The summed E-state index contributed by atoms with van der Waals surface area (Å²) in [4.78, 5) is 4.70. The van der Waals surface area contributed by atoms with Crippen molar-refractivity contribution in [3.05, 3.63) is 54.1 Å². The Morgan fingerprint density at radius 3 is 2.04 bits per heavy atom. The number of hydrogen-bond acceptors (Lipinski definition) is 7. The van der Waals surface area contributed by atoms with Crippen molar-refractivity contribution in [3.63, 3.8) is 0 Å². The predicted molar refractivity (Wildman–Crippen MR) is 198 cm³/mol. The first-order valence-electron chi connectivity index (χ1n) is 18.4. The number of sulfonamides is 1.